The first-order valence-corrected chi connectivity index (χ1v) is 9.00. The van der Waals surface area contributed by atoms with Gasteiger partial charge in [0.2, 0.25) is 0 Å². The molecule has 1 aromatic carbocycles. The molecule has 3 rings (SSSR count). The molecule has 0 amide bonds. The summed E-state index contributed by atoms with van der Waals surface area (Å²) in [6.07, 6.45) is 6.44. The average Bonchev–Trinajstić information content (AvgIpc) is 2.90. The van der Waals surface area contributed by atoms with Crippen LogP contribution in [-0.4, -0.2) is 6.21 Å². The summed E-state index contributed by atoms with van der Waals surface area (Å²) in [6, 6.07) is 10.9. The molecule has 0 bridgehead atoms. The highest BCUT2D eigenvalue weighted by atomic mass is 32.1. The van der Waals surface area contributed by atoms with Crippen LogP contribution in [0.4, 0.5) is 5.00 Å². The van der Waals surface area contributed by atoms with Crippen LogP contribution in [0.25, 0.3) is 0 Å². The van der Waals surface area contributed by atoms with Gasteiger partial charge in [-0.15, -0.1) is 11.3 Å². The Morgan fingerprint density at radius 2 is 1.83 bits per heavy atom. The van der Waals surface area contributed by atoms with Gasteiger partial charge in [0.25, 0.3) is 0 Å². The largest absolute Gasteiger partial charge is 0.244 e. The quantitative estimate of drug-likeness (QED) is 0.668. The molecular weight excluding hydrogens is 300 g/mol. The van der Waals surface area contributed by atoms with E-state index in [0.29, 0.717) is 0 Å². The van der Waals surface area contributed by atoms with Crippen molar-refractivity contribution >= 4 is 22.6 Å². The van der Waals surface area contributed by atoms with Crippen molar-refractivity contribution < 1.29 is 0 Å². The minimum Gasteiger partial charge on any atom is -0.244 e. The molecule has 3 heteroatoms. The summed E-state index contributed by atoms with van der Waals surface area (Å²) in [5, 5.41) is 10.3. The Bertz CT molecular complexity index is 768. The number of aryl methyl sites for hydroxylation is 1. The van der Waals surface area contributed by atoms with Gasteiger partial charge < -0.3 is 0 Å². The van der Waals surface area contributed by atoms with Crippen LogP contribution in [-0.2, 0) is 18.3 Å². The lowest BCUT2D eigenvalue weighted by Gasteiger charge is -2.18. The van der Waals surface area contributed by atoms with E-state index in [9.17, 15) is 5.26 Å². The van der Waals surface area contributed by atoms with Gasteiger partial charge >= 0.3 is 0 Å². The molecule has 0 atom stereocenters. The normalized spacial score (nSPS) is 14.7. The van der Waals surface area contributed by atoms with Gasteiger partial charge in [0.15, 0.2) is 0 Å². The standard InChI is InChI=1S/C20H22N2S/c1-20(2,3)15-10-8-14(9-11-15)13-22-19-17(12-21)16-6-4-5-7-18(16)23-19/h8-11,13H,4-7H2,1-3H3. The van der Waals surface area contributed by atoms with Crippen molar-refractivity contribution in [2.75, 3.05) is 0 Å². The number of thiophene rings is 1. The average molecular weight is 322 g/mol. The monoisotopic (exact) mass is 322 g/mol. The van der Waals surface area contributed by atoms with E-state index in [4.69, 9.17) is 0 Å². The van der Waals surface area contributed by atoms with Gasteiger partial charge in [-0.05, 0) is 47.8 Å². The van der Waals surface area contributed by atoms with Crippen LogP contribution in [0.5, 0.6) is 0 Å². The van der Waals surface area contributed by atoms with Gasteiger partial charge in [-0.2, -0.15) is 5.26 Å². The van der Waals surface area contributed by atoms with Gasteiger partial charge in [-0.3, -0.25) is 0 Å². The zero-order chi connectivity index (χ0) is 16.4. The van der Waals surface area contributed by atoms with Crippen LogP contribution < -0.4 is 0 Å². The third-order valence-corrected chi connectivity index (χ3v) is 5.57. The SMILES string of the molecule is CC(C)(C)c1ccc(C=Nc2sc3c(c2C#N)CCCC3)cc1. The Labute approximate surface area is 142 Å². The minimum atomic E-state index is 0.163. The Morgan fingerprint density at radius 3 is 2.48 bits per heavy atom. The van der Waals surface area contributed by atoms with Crippen molar-refractivity contribution in [2.45, 2.75) is 51.9 Å². The van der Waals surface area contributed by atoms with Gasteiger partial charge in [-0.1, -0.05) is 45.0 Å². The summed E-state index contributed by atoms with van der Waals surface area (Å²) in [6.45, 7) is 6.64. The molecule has 1 heterocycles. The Hall–Kier alpha value is -1.92. The molecule has 0 spiro atoms. The fourth-order valence-electron chi connectivity index (χ4n) is 2.96. The number of fused-ring (bicyclic) bond motifs is 1. The van der Waals surface area contributed by atoms with Crippen molar-refractivity contribution in [3.63, 3.8) is 0 Å². The number of hydrogen-bond acceptors (Lipinski definition) is 3. The van der Waals surface area contributed by atoms with Crippen molar-refractivity contribution in [1.82, 2.24) is 0 Å². The molecule has 0 unspecified atom stereocenters. The Kier molecular flexibility index (Phi) is 4.37. The van der Waals surface area contributed by atoms with E-state index in [1.54, 1.807) is 11.3 Å². The second kappa shape index (κ2) is 6.29. The molecule has 2 aromatic rings. The van der Waals surface area contributed by atoms with E-state index in [-0.39, 0.29) is 5.41 Å². The van der Waals surface area contributed by atoms with Gasteiger partial charge in [-0.25, -0.2) is 4.99 Å². The first-order valence-electron chi connectivity index (χ1n) is 8.18. The summed E-state index contributed by atoms with van der Waals surface area (Å²) >= 11 is 1.69. The van der Waals surface area contributed by atoms with E-state index >= 15 is 0 Å². The maximum Gasteiger partial charge on any atom is 0.134 e. The summed E-state index contributed by atoms with van der Waals surface area (Å²) in [7, 11) is 0. The van der Waals surface area contributed by atoms with Crippen LogP contribution in [0.1, 0.15) is 60.7 Å². The summed E-state index contributed by atoms with van der Waals surface area (Å²) in [5.74, 6) is 0. The Morgan fingerprint density at radius 1 is 1.13 bits per heavy atom. The van der Waals surface area contributed by atoms with Crippen LogP contribution in [0, 0.1) is 11.3 Å². The van der Waals surface area contributed by atoms with Crippen LogP contribution in [0.2, 0.25) is 0 Å². The molecule has 23 heavy (non-hydrogen) atoms. The zero-order valence-corrected chi connectivity index (χ0v) is 14.8. The molecule has 2 nitrogen and oxygen atoms in total. The first kappa shape index (κ1) is 16.0. The number of aliphatic imine (C=N–C) groups is 1. The summed E-state index contributed by atoms with van der Waals surface area (Å²) < 4.78 is 0. The number of hydrogen-bond donors (Lipinski definition) is 0. The Balaban J connectivity index is 1.86. The molecule has 1 aromatic heterocycles. The van der Waals surface area contributed by atoms with E-state index in [2.05, 4.69) is 56.1 Å². The van der Waals surface area contributed by atoms with Crippen LogP contribution in [0.3, 0.4) is 0 Å². The predicted molar refractivity (Wildman–Crippen MR) is 98.1 cm³/mol. The molecular formula is C20H22N2S. The fourth-order valence-corrected chi connectivity index (χ4v) is 4.14. The smallest absolute Gasteiger partial charge is 0.134 e. The van der Waals surface area contributed by atoms with Gasteiger partial charge in [0.05, 0.1) is 5.56 Å². The molecule has 0 fully saturated rings. The number of rotatable bonds is 2. The number of nitriles is 1. The van der Waals surface area contributed by atoms with E-state index < -0.39 is 0 Å². The van der Waals surface area contributed by atoms with Crippen molar-refractivity contribution in [3.05, 3.63) is 51.4 Å². The van der Waals surface area contributed by atoms with Crippen molar-refractivity contribution in [2.24, 2.45) is 4.99 Å². The highest BCUT2D eigenvalue weighted by Crippen LogP contribution is 2.39. The van der Waals surface area contributed by atoms with Gasteiger partial charge in [0.1, 0.15) is 11.1 Å². The molecule has 0 saturated carbocycles. The minimum absolute atomic E-state index is 0.163. The second-order valence-electron chi connectivity index (χ2n) is 7.13. The van der Waals surface area contributed by atoms with Crippen LogP contribution >= 0.6 is 11.3 Å². The van der Waals surface area contributed by atoms with Crippen LogP contribution in [0.15, 0.2) is 29.3 Å². The third kappa shape index (κ3) is 3.38. The third-order valence-electron chi connectivity index (χ3n) is 4.37. The summed E-state index contributed by atoms with van der Waals surface area (Å²) in [4.78, 5) is 5.98. The first-order chi connectivity index (χ1) is 11.0. The highest BCUT2D eigenvalue weighted by molar-refractivity contribution is 7.16. The van der Waals surface area contributed by atoms with Crippen molar-refractivity contribution in [1.29, 1.82) is 5.26 Å². The van der Waals surface area contributed by atoms with Gasteiger partial charge in [0, 0.05) is 11.1 Å². The summed E-state index contributed by atoms with van der Waals surface area (Å²) in [5.41, 5.74) is 4.61. The number of nitrogens with zero attached hydrogens (tertiary/aromatic N) is 2. The molecule has 0 N–H and O–H groups in total. The highest BCUT2D eigenvalue weighted by Gasteiger charge is 2.20. The maximum absolute atomic E-state index is 9.47. The van der Waals surface area contributed by atoms with E-state index in [1.807, 2.05) is 6.21 Å². The fraction of sp³-hybridized carbons (Fsp3) is 0.400. The molecule has 0 aliphatic heterocycles. The molecule has 0 radical (unpaired) electrons. The molecule has 0 saturated heterocycles. The van der Waals surface area contributed by atoms with E-state index in [0.717, 1.165) is 29.0 Å². The molecule has 118 valence electrons. The molecule has 1 aliphatic carbocycles. The predicted octanol–water partition coefficient (Wildman–Crippen LogP) is 5.55. The topological polar surface area (TPSA) is 36.1 Å². The maximum atomic E-state index is 9.47. The van der Waals surface area contributed by atoms with Crippen molar-refractivity contribution in [3.8, 4) is 6.07 Å². The second-order valence-corrected chi connectivity index (χ2v) is 8.22. The molecule has 1 aliphatic rings. The lowest BCUT2D eigenvalue weighted by Crippen LogP contribution is -2.10. The van der Waals surface area contributed by atoms with E-state index in [1.165, 1.54) is 28.8 Å². The zero-order valence-electron chi connectivity index (χ0n) is 14.0. The lowest BCUT2D eigenvalue weighted by molar-refractivity contribution is 0.590. The lowest BCUT2D eigenvalue weighted by atomic mass is 9.87. The number of benzene rings is 1.